The van der Waals surface area contributed by atoms with E-state index in [0.717, 1.165) is 0 Å². The summed E-state index contributed by atoms with van der Waals surface area (Å²) in [4.78, 5) is 20.3. The van der Waals surface area contributed by atoms with Crippen LogP contribution in [-0.2, 0) is 9.59 Å². The van der Waals surface area contributed by atoms with E-state index in [9.17, 15) is 9.59 Å². The topological polar surface area (TPSA) is 114 Å². The molecule has 0 unspecified atom stereocenters. The lowest BCUT2D eigenvalue weighted by atomic mass is 10.4. The van der Waals surface area contributed by atoms with E-state index in [4.69, 9.17) is 0 Å². The van der Waals surface area contributed by atoms with Crippen LogP contribution in [0.4, 0.5) is 0 Å². The Morgan fingerprint density at radius 2 is 1.44 bits per heavy atom. The first-order valence-corrected chi connectivity index (χ1v) is 2.08. The number of nitrogens with two attached hydrogens (primary N) is 2. The summed E-state index contributed by atoms with van der Waals surface area (Å²) in [6.45, 7) is 0. The van der Waals surface area contributed by atoms with Gasteiger partial charge in [-0.25, -0.2) is 11.7 Å². The second-order valence-corrected chi connectivity index (χ2v) is 1.22. The average molecular weight is 130 g/mol. The van der Waals surface area contributed by atoms with Crippen LogP contribution in [0.3, 0.4) is 0 Å². The van der Waals surface area contributed by atoms with Gasteiger partial charge in [-0.15, -0.1) is 0 Å². The number of rotatable bonds is 2. The zero-order valence-electron chi connectivity index (χ0n) is 4.57. The molecule has 0 aromatic heterocycles. The van der Waals surface area contributed by atoms with Gasteiger partial charge in [0, 0.05) is 0 Å². The van der Waals surface area contributed by atoms with Crippen molar-refractivity contribution in [2.75, 3.05) is 0 Å². The second kappa shape index (κ2) is 3.81. The van der Waals surface area contributed by atoms with Crippen LogP contribution >= 0.6 is 0 Å². The van der Waals surface area contributed by atoms with Crippen molar-refractivity contribution in [3.05, 3.63) is 0 Å². The van der Waals surface area contributed by atoms with Crippen LogP contribution in [0.25, 0.3) is 0 Å². The summed E-state index contributed by atoms with van der Waals surface area (Å²) in [6, 6.07) is 0. The van der Waals surface area contributed by atoms with Crippen molar-refractivity contribution in [2.24, 2.45) is 11.7 Å². The summed E-state index contributed by atoms with van der Waals surface area (Å²) >= 11 is 0. The molecule has 9 heavy (non-hydrogen) atoms. The van der Waals surface area contributed by atoms with Crippen LogP contribution in [-0.4, -0.2) is 11.8 Å². The van der Waals surface area contributed by atoms with Gasteiger partial charge < -0.3 is 0 Å². The van der Waals surface area contributed by atoms with Crippen LogP contribution in [0.15, 0.2) is 0 Å². The van der Waals surface area contributed by atoms with Gasteiger partial charge in [0.25, 0.3) is 11.8 Å². The van der Waals surface area contributed by atoms with Crippen molar-refractivity contribution in [1.82, 2.24) is 10.9 Å². The van der Waals surface area contributed by atoms with Crippen molar-refractivity contribution in [3.63, 3.8) is 0 Å². The Morgan fingerprint density at radius 3 is 1.67 bits per heavy atom. The average Bonchev–Trinajstić information content (AvgIpc) is 1.87. The maximum atomic E-state index is 10.2. The summed E-state index contributed by atoms with van der Waals surface area (Å²) < 4.78 is 0. The van der Waals surface area contributed by atoms with Crippen molar-refractivity contribution in [2.45, 2.75) is 6.42 Å². The number of nitrogens with zero attached hydrogens (tertiary/aromatic N) is 2. The fourth-order valence-corrected chi connectivity index (χ4v) is 0.221. The molecule has 2 amide bonds. The normalized spacial score (nSPS) is 8.22. The molecule has 0 rings (SSSR count). The molecule has 0 spiro atoms. The van der Waals surface area contributed by atoms with E-state index < -0.39 is 18.2 Å². The number of hydrogen-bond donors (Lipinski definition) is 2. The molecule has 0 heterocycles. The van der Waals surface area contributed by atoms with E-state index in [1.54, 1.807) is 0 Å². The van der Waals surface area contributed by atoms with Crippen LogP contribution in [0.1, 0.15) is 6.42 Å². The molecule has 6 heteroatoms. The Bertz CT molecular complexity index is 109. The number of carbonyl (C=O) groups excluding carboxylic acids is 2. The molecule has 0 aromatic carbocycles. The van der Waals surface area contributed by atoms with Crippen molar-refractivity contribution < 1.29 is 9.59 Å². The zero-order valence-corrected chi connectivity index (χ0v) is 4.57. The molecular formula is C3H6N4O2. The van der Waals surface area contributed by atoms with Crippen LogP contribution in [0.2, 0.25) is 0 Å². The predicted octanol–water partition coefficient (Wildman–Crippen LogP) is -2.61. The lowest BCUT2D eigenvalue weighted by molar-refractivity contribution is -0.129. The van der Waals surface area contributed by atoms with Gasteiger partial charge >= 0.3 is 0 Å². The molecule has 0 aliphatic carbocycles. The Morgan fingerprint density at radius 1 is 1.11 bits per heavy atom. The van der Waals surface area contributed by atoms with E-state index in [0.29, 0.717) is 0 Å². The van der Waals surface area contributed by atoms with Crippen molar-refractivity contribution in [3.8, 4) is 0 Å². The summed E-state index contributed by atoms with van der Waals surface area (Å²) in [5, 5.41) is 0. The maximum Gasteiger partial charge on any atom is 0.266 e. The SMILES string of the molecule is N[N]C(=O)CC(=O)[N]N. The Hall–Kier alpha value is -1.14. The first-order valence-electron chi connectivity index (χ1n) is 2.08. The highest BCUT2D eigenvalue weighted by Crippen LogP contribution is 1.76. The first kappa shape index (κ1) is 7.86. The molecule has 2 radical (unpaired) electrons. The van der Waals surface area contributed by atoms with Crippen LogP contribution in [0, 0.1) is 0 Å². The molecule has 50 valence electrons. The van der Waals surface area contributed by atoms with Gasteiger partial charge in [0.15, 0.2) is 0 Å². The van der Waals surface area contributed by atoms with Gasteiger partial charge in [0.1, 0.15) is 6.42 Å². The third-order valence-corrected chi connectivity index (χ3v) is 0.590. The minimum atomic E-state index is -0.728. The van der Waals surface area contributed by atoms with Gasteiger partial charge in [-0.05, 0) is 0 Å². The molecule has 0 saturated carbocycles. The molecule has 0 bridgehead atoms. The number of hydrogen-bond acceptors (Lipinski definition) is 4. The summed E-state index contributed by atoms with van der Waals surface area (Å²) in [6.07, 6.45) is -0.451. The smallest absolute Gasteiger partial charge is 0.266 e. The quantitative estimate of drug-likeness (QED) is 0.184. The molecule has 0 saturated heterocycles. The highest BCUT2D eigenvalue weighted by Gasteiger charge is 2.07. The molecule has 0 fully saturated rings. The highest BCUT2D eigenvalue weighted by atomic mass is 16.2. The van der Waals surface area contributed by atoms with E-state index in [-0.39, 0.29) is 0 Å². The van der Waals surface area contributed by atoms with E-state index in [1.165, 1.54) is 0 Å². The lowest BCUT2D eigenvalue weighted by Gasteiger charge is -1.90. The minimum Gasteiger partial charge on any atom is -0.271 e. The standard InChI is InChI=1S/C3H6N4O2/c4-6-2(8)1-3(9)7-5/h1,4-5H2. The lowest BCUT2D eigenvalue weighted by Crippen LogP contribution is -2.30. The maximum absolute atomic E-state index is 10.2. The van der Waals surface area contributed by atoms with Crippen LogP contribution in [0.5, 0.6) is 0 Å². The number of amides is 2. The zero-order chi connectivity index (χ0) is 7.28. The Labute approximate surface area is 51.5 Å². The van der Waals surface area contributed by atoms with Gasteiger partial charge in [-0.2, -0.15) is 10.9 Å². The minimum absolute atomic E-state index is 0.451. The third-order valence-electron chi connectivity index (χ3n) is 0.590. The van der Waals surface area contributed by atoms with Crippen molar-refractivity contribution in [1.29, 1.82) is 0 Å². The summed E-state index contributed by atoms with van der Waals surface area (Å²) in [5.41, 5.74) is 5.40. The molecule has 0 aliphatic heterocycles. The fraction of sp³-hybridized carbons (Fsp3) is 0.333. The molecule has 0 atom stereocenters. The van der Waals surface area contributed by atoms with Gasteiger partial charge in [-0.3, -0.25) is 9.59 Å². The van der Waals surface area contributed by atoms with Gasteiger partial charge in [0.05, 0.1) is 0 Å². The molecule has 6 nitrogen and oxygen atoms in total. The molecule has 4 N–H and O–H groups in total. The Kier molecular flexibility index (Phi) is 3.33. The second-order valence-electron chi connectivity index (χ2n) is 1.22. The van der Waals surface area contributed by atoms with Gasteiger partial charge in [-0.1, -0.05) is 0 Å². The van der Waals surface area contributed by atoms with E-state index in [1.807, 2.05) is 0 Å². The Balaban J connectivity index is 3.47. The third kappa shape index (κ3) is 3.44. The largest absolute Gasteiger partial charge is 0.271 e. The monoisotopic (exact) mass is 130 g/mol. The van der Waals surface area contributed by atoms with E-state index >= 15 is 0 Å². The summed E-state index contributed by atoms with van der Waals surface area (Å²) in [5.74, 6) is 7.58. The molecule has 0 aromatic rings. The predicted molar refractivity (Wildman–Crippen MR) is 27.3 cm³/mol. The fourth-order valence-electron chi connectivity index (χ4n) is 0.221. The molecule has 0 aliphatic rings. The van der Waals surface area contributed by atoms with E-state index in [2.05, 4.69) is 22.5 Å². The first-order chi connectivity index (χ1) is 4.20. The van der Waals surface area contributed by atoms with Crippen molar-refractivity contribution >= 4 is 11.8 Å². The summed E-state index contributed by atoms with van der Waals surface area (Å²) in [7, 11) is 0. The number of carbonyl (C=O) groups is 2. The highest BCUT2D eigenvalue weighted by molar-refractivity contribution is 5.95. The van der Waals surface area contributed by atoms with Gasteiger partial charge in [0.2, 0.25) is 0 Å². The molecular weight excluding hydrogens is 124 g/mol. The van der Waals surface area contributed by atoms with Crippen LogP contribution < -0.4 is 22.5 Å².